The van der Waals surface area contributed by atoms with Crippen LogP contribution in [0, 0.1) is 0 Å². The third-order valence-corrected chi connectivity index (χ3v) is 9.31. The predicted octanol–water partition coefficient (Wildman–Crippen LogP) is 0.441. The van der Waals surface area contributed by atoms with E-state index < -0.39 is 26.1 Å². The maximum Gasteiger partial charge on any atom is 0.253 e. The van der Waals surface area contributed by atoms with Crippen molar-refractivity contribution in [3.63, 3.8) is 0 Å². The van der Waals surface area contributed by atoms with Crippen LogP contribution in [-0.4, -0.2) is 69.3 Å². The Labute approximate surface area is 158 Å². The van der Waals surface area contributed by atoms with Crippen molar-refractivity contribution < 1.29 is 21.6 Å². The van der Waals surface area contributed by atoms with Crippen LogP contribution in [0.4, 0.5) is 0 Å². The summed E-state index contributed by atoms with van der Waals surface area (Å²) < 4.78 is 51.8. The number of piperidine rings is 1. The molecular formula is C15H23N3O5S3. The maximum atomic E-state index is 12.8. The van der Waals surface area contributed by atoms with Gasteiger partial charge < -0.3 is 5.32 Å². The summed E-state index contributed by atoms with van der Waals surface area (Å²) in [5.74, 6) is -0.344. The second kappa shape index (κ2) is 7.55. The summed E-state index contributed by atoms with van der Waals surface area (Å²) in [6, 6.07) is 2.18. The number of hydrogen-bond donors (Lipinski definition) is 1. The van der Waals surface area contributed by atoms with E-state index in [1.807, 2.05) is 0 Å². The van der Waals surface area contributed by atoms with Crippen molar-refractivity contribution in [2.24, 2.45) is 0 Å². The average Bonchev–Trinajstić information content (AvgIpc) is 3.26. The fraction of sp³-hybridized carbons (Fsp3) is 0.667. The van der Waals surface area contributed by atoms with Crippen molar-refractivity contribution in [1.29, 1.82) is 0 Å². The second-order valence-corrected chi connectivity index (χ2v) is 11.7. The van der Waals surface area contributed by atoms with Gasteiger partial charge in [-0.05, 0) is 37.1 Å². The zero-order chi connectivity index (χ0) is 18.9. The lowest BCUT2D eigenvalue weighted by atomic mass is 10.1. The minimum absolute atomic E-state index is 0.231. The molecule has 3 rings (SSSR count). The van der Waals surface area contributed by atoms with E-state index in [0.717, 1.165) is 17.6 Å². The van der Waals surface area contributed by atoms with Crippen molar-refractivity contribution in [2.75, 3.05) is 25.9 Å². The molecule has 2 aliphatic heterocycles. The molecule has 11 heteroatoms. The molecule has 1 aromatic rings. The molecule has 0 aromatic carbocycles. The number of thiophene rings is 1. The normalized spacial score (nSPS) is 26.0. The van der Waals surface area contributed by atoms with Crippen LogP contribution < -0.4 is 5.32 Å². The lowest BCUT2D eigenvalue weighted by molar-refractivity contribution is -0.125. The Morgan fingerprint density at radius 2 is 1.92 bits per heavy atom. The molecule has 1 aromatic heterocycles. The molecule has 1 N–H and O–H groups in total. The summed E-state index contributed by atoms with van der Waals surface area (Å²) in [5, 5.41) is 4.56. The third kappa shape index (κ3) is 4.11. The van der Waals surface area contributed by atoms with Gasteiger partial charge in [0.25, 0.3) is 10.0 Å². The molecule has 2 unspecified atom stereocenters. The molecule has 0 saturated carbocycles. The van der Waals surface area contributed by atoms with E-state index in [4.69, 9.17) is 0 Å². The number of nitrogens with zero attached hydrogens (tertiary/aromatic N) is 2. The van der Waals surface area contributed by atoms with Gasteiger partial charge in [0.15, 0.2) is 0 Å². The van der Waals surface area contributed by atoms with Gasteiger partial charge in [0, 0.05) is 25.7 Å². The molecule has 8 nitrogen and oxygen atoms in total. The fourth-order valence-corrected chi connectivity index (χ4v) is 7.16. The minimum Gasteiger partial charge on any atom is -0.351 e. The standard InChI is InChI=1S/C15H23N3O5S3/c1-25(20,21)17-8-2-5-12(11-17)16-15(19)13-6-3-9-18(13)26(22,23)14-7-4-10-24-14/h4,7,10,12-13H,2-3,5-6,8-9,11H2,1H3,(H,16,19). The van der Waals surface area contributed by atoms with E-state index in [-0.39, 0.29) is 22.7 Å². The van der Waals surface area contributed by atoms with Crippen LogP contribution in [0.1, 0.15) is 25.7 Å². The summed E-state index contributed by atoms with van der Waals surface area (Å²) in [6.45, 7) is 1.00. The third-order valence-electron chi connectivity index (χ3n) is 4.76. The summed E-state index contributed by atoms with van der Waals surface area (Å²) in [7, 11) is -6.98. The molecule has 0 bridgehead atoms. The van der Waals surface area contributed by atoms with Gasteiger partial charge in [-0.1, -0.05) is 6.07 Å². The average molecular weight is 422 g/mol. The Morgan fingerprint density at radius 3 is 2.58 bits per heavy atom. The molecule has 0 radical (unpaired) electrons. The van der Waals surface area contributed by atoms with Crippen molar-refractivity contribution in [3.8, 4) is 0 Å². The molecule has 2 saturated heterocycles. The SMILES string of the molecule is CS(=O)(=O)N1CCCC(NC(=O)C2CCCN2S(=O)(=O)c2cccs2)C1. The lowest BCUT2D eigenvalue weighted by Gasteiger charge is -2.32. The summed E-state index contributed by atoms with van der Waals surface area (Å²) >= 11 is 1.13. The highest BCUT2D eigenvalue weighted by atomic mass is 32.2. The Balaban J connectivity index is 1.69. The zero-order valence-electron chi connectivity index (χ0n) is 14.5. The van der Waals surface area contributed by atoms with E-state index in [1.165, 1.54) is 8.61 Å². The van der Waals surface area contributed by atoms with Gasteiger partial charge in [-0.2, -0.15) is 4.31 Å². The maximum absolute atomic E-state index is 12.8. The highest BCUT2D eigenvalue weighted by molar-refractivity contribution is 7.91. The highest BCUT2D eigenvalue weighted by Crippen LogP contribution is 2.28. The highest BCUT2D eigenvalue weighted by Gasteiger charge is 2.40. The first kappa shape index (κ1) is 19.7. The number of carbonyl (C=O) groups is 1. The number of rotatable bonds is 5. The number of carbonyl (C=O) groups excluding carboxylic acids is 1. The van der Waals surface area contributed by atoms with Crippen LogP contribution >= 0.6 is 11.3 Å². The summed E-state index contributed by atoms with van der Waals surface area (Å²) in [5.41, 5.74) is 0. The first-order valence-corrected chi connectivity index (χ1v) is 12.7. The van der Waals surface area contributed by atoms with E-state index in [1.54, 1.807) is 17.5 Å². The Hall–Kier alpha value is -1.01. The van der Waals surface area contributed by atoms with E-state index in [0.29, 0.717) is 38.8 Å². The van der Waals surface area contributed by atoms with E-state index in [9.17, 15) is 21.6 Å². The predicted molar refractivity (Wildman–Crippen MR) is 98.8 cm³/mol. The van der Waals surface area contributed by atoms with Crippen molar-refractivity contribution in [1.82, 2.24) is 13.9 Å². The van der Waals surface area contributed by atoms with Gasteiger partial charge in [-0.25, -0.2) is 21.1 Å². The number of amides is 1. The van der Waals surface area contributed by atoms with Crippen LogP contribution in [0.2, 0.25) is 0 Å². The van der Waals surface area contributed by atoms with Crippen LogP contribution in [0.25, 0.3) is 0 Å². The fourth-order valence-electron chi connectivity index (χ4n) is 3.47. The summed E-state index contributed by atoms with van der Waals surface area (Å²) in [6.07, 6.45) is 3.60. The van der Waals surface area contributed by atoms with Gasteiger partial charge in [0.2, 0.25) is 15.9 Å². The monoisotopic (exact) mass is 421 g/mol. The topological polar surface area (TPSA) is 104 Å². The molecule has 0 spiro atoms. The molecule has 1 amide bonds. The van der Waals surface area contributed by atoms with Gasteiger partial charge in [0.05, 0.1) is 6.26 Å². The quantitative estimate of drug-likeness (QED) is 0.743. The Bertz CT molecular complexity index is 851. The minimum atomic E-state index is -3.68. The molecule has 26 heavy (non-hydrogen) atoms. The molecular weight excluding hydrogens is 398 g/mol. The Morgan fingerprint density at radius 1 is 1.19 bits per heavy atom. The number of sulfonamides is 2. The van der Waals surface area contributed by atoms with Crippen molar-refractivity contribution >= 4 is 37.3 Å². The summed E-state index contributed by atoms with van der Waals surface area (Å²) in [4.78, 5) is 12.7. The smallest absolute Gasteiger partial charge is 0.253 e. The zero-order valence-corrected chi connectivity index (χ0v) is 16.9. The molecule has 0 aliphatic carbocycles. The van der Waals surface area contributed by atoms with Gasteiger partial charge in [0.1, 0.15) is 10.3 Å². The largest absolute Gasteiger partial charge is 0.351 e. The van der Waals surface area contributed by atoms with Crippen LogP contribution in [-0.2, 0) is 24.8 Å². The van der Waals surface area contributed by atoms with E-state index >= 15 is 0 Å². The van der Waals surface area contributed by atoms with Gasteiger partial charge in [-0.15, -0.1) is 11.3 Å². The first-order valence-electron chi connectivity index (χ1n) is 8.50. The Kier molecular flexibility index (Phi) is 5.73. The van der Waals surface area contributed by atoms with Crippen molar-refractivity contribution in [3.05, 3.63) is 17.5 Å². The first-order chi connectivity index (χ1) is 12.2. The lowest BCUT2D eigenvalue weighted by Crippen LogP contribution is -2.53. The number of nitrogens with one attached hydrogen (secondary N) is 1. The second-order valence-electron chi connectivity index (χ2n) is 6.67. The van der Waals surface area contributed by atoms with Crippen LogP contribution in [0.5, 0.6) is 0 Å². The van der Waals surface area contributed by atoms with Gasteiger partial charge in [-0.3, -0.25) is 4.79 Å². The van der Waals surface area contributed by atoms with Gasteiger partial charge >= 0.3 is 0 Å². The molecule has 2 fully saturated rings. The van der Waals surface area contributed by atoms with Crippen molar-refractivity contribution in [2.45, 2.75) is 42.0 Å². The molecule has 3 heterocycles. The molecule has 2 atom stereocenters. The number of hydrogen-bond acceptors (Lipinski definition) is 6. The van der Waals surface area contributed by atoms with E-state index in [2.05, 4.69) is 5.32 Å². The molecule has 2 aliphatic rings. The van der Waals surface area contributed by atoms with Crippen LogP contribution in [0.3, 0.4) is 0 Å². The van der Waals surface area contributed by atoms with Crippen LogP contribution in [0.15, 0.2) is 21.7 Å². The molecule has 146 valence electrons.